The Labute approximate surface area is 185 Å². The van der Waals surface area contributed by atoms with Crippen molar-refractivity contribution in [3.8, 4) is 0 Å². The number of likely N-dealkylation sites (N-methyl/N-ethyl adjacent to an activating group) is 1. The predicted molar refractivity (Wildman–Crippen MR) is 117 cm³/mol. The van der Waals surface area contributed by atoms with Gasteiger partial charge in [-0.1, -0.05) is 29.8 Å². The van der Waals surface area contributed by atoms with Crippen LogP contribution in [0.5, 0.6) is 0 Å². The first-order valence-electron chi connectivity index (χ1n) is 9.62. The van der Waals surface area contributed by atoms with E-state index in [2.05, 4.69) is 5.32 Å². The Bertz CT molecular complexity index is 1030. The van der Waals surface area contributed by atoms with Crippen molar-refractivity contribution in [2.75, 3.05) is 20.2 Å². The molecule has 2 aromatic rings. The van der Waals surface area contributed by atoms with E-state index in [4.69, 9.17) is 16.3 Å². The van der Waals surface area contributed by atoms with Crippen LogP contribution >= 0.6 is 11.6 Å². The molecule has 166 valence electrons. The van der Waals surface area contributed by atoms with Gasteiger partial charge >= 0.3 is 5.97 Å². The highest BCUT2D eigenvalue weighted by Crippen LogP contribution is 2.15. The zero-order valence-corrected chi connectivity index (χ0v) is 18.7. The third kappa shape index (κ3) is 7.57. The lowest BCUT2D eigenvalue weighted by molar-refractivity contribution is -0.137. The van der Waals surface area contributed by atoms with Gasteiger partial charge in [-0.3, -0.25) is 14.4 Å². The van der Waals surface area contributed by atoms with Gasteiger partial charge in [-0.2, -0.15) is 0 Å². The second-order valence-electron chi connectivity index (χ2n) is 8.10. The monoisotopic (exact) mass is 447 g/mol. The molecule has 1 aromatic heterocycles. The molecule has 1 N–H and O–H groups in total. The van der Waals surface area contributed by atoms with Crippen LogP contribution in [0.2, 0.25) is 5.02 Å². The van der Waals surface area contributed by atoms with Crippen molar-refractivity contribution in [1.29, 1.82) is 0 Å². The van der Waals surface area contributed by atoms with E-state index in [-0.39, 0.29) is 30.1 Å². The van der Waals surface area contributed by atoms with Gasteiger partial charge in [0.1, 0.15) is 0 Å². The molecule has 2 amide bonds. The molecular weight excluding hydrogens is 422 g/mol. The average molecular weight is 448 g/mol. The van der Waals surface area contributed by atoms with E-state index < -0.39 is 24.0 Å². The van der Waals surface area contributed by atoms with Crippen LogP contribution in [-0.2, 0) is 20.9 Å². The van der Waals surface area contributed by atoms with E-state index in [0.29, 0.717) is 5.02 Å². The molecule has 0 saturated carbocycles. The van der Waals surface area contributed by atoms with E-state index in [1.54, 1.807) is 24.3 Å². The third-order valence-corrected chi connectivity index (χ3v) is 4.53. The fraction of sp³-hybridized carbons (Fsp3) is 0.364. The van der Waals surface area contributed by atoms with E-state index >= 15 is 0 Å². The van der Waals surface area contributed by atoms with Crippen molar-refractivity contribution in [2.45, 2.75) is 32.9 Å². The van der Waals surface area contributed by atoms with E-state index in [9.17, 15) is 19.2 Å². The lowest BCUT2D eigenvalue weighted by Gasteiger charge is -2.23. The van der Waals surface area contributed by atoms with Gasteiger partial charge in [0, 0.05) is 29.9 Å². The highest BCUT2D eigenvalue weighted by Gasteiger charge is 2.19. The Kier molecular flexibility index (Phi) is 7.99. The number of rotatable bonds is 7. The van der Waals surface area contributed by atoms with Gasteiger partial charge < -0.3 is 19.5 Å². The first-order valence-corrected chi connectivity index (χ1v) is 10.00. The number of aromatic nitrogens is 1. The first kappa shape index (κ1) is 24.1. The average Bonchev–Trinajstić information content (AvgIpc) is 2.67. The van der Waals surface area contributed by atoms with Crippen molar-refractivity contribution >= 4 is 29.4 Å². The van der Waals surface area contributed by atoms with Crippen LogP contribution in [0, 0.1) is 0 Å². The van der Waals surface area contributed by atoms with Gasteiger partial charge in [-0.05, 0) is 38.5 Å². The highest BCUT2D eigenvalue weighted by atomic mass is 35.5. The Morgan fingerprint density at radius 1 is 1.13 bits per heavy atom. The SMILES string of the molecule is CN(CC(=O)NC(C)(C)C)C(=O)COC(=O)c1ccc(=O)n(Cc2ccccc2Cl)c1. The van der Waals surface area contributed by atoms with Gasteiger partial charge in [0.2, 0.25) is 5.91 Å². The molecule has 0 unspecified atom stereocenters. The van der Waals surface area contributed by atoms with Crippen LogP contribution in [0.15, 0.2) is 47.4 Å². The van der Waals surface area contributed by atoms with Gasteiger partial charge in [0.25, 0.3) is 11.5 Å². The van der Waals surface area contributed by atoms with Crippen LogP contribution in [-0.4, -0.2) is 53.0 Å². The van der Waals surface area contributed by atoms with Crippen molar-refractivity contribution in [2.24, 2.45) is 0 Å². The zero-order valence-electron chi connectivity index (χ0n) is 18.0. The molecule has 0 aliphatic heterocycles. The second-order valence-corrected chi connectivity index (χ2v) is 8.51. The molecule has 0 radical (unpaired) electrons. The predicted octanol–water partition coefficient (Wildman–Crippen LogP) is 2.08. The number of hydrogen-bond donors (Lipinski definition) is 1. The summed E-state index contributed by atoms with van der Waals surface area (Å²) in [5.41, 5.74) is 0.118. The number of amides is 2. The summed E-state index contributed by atoms with van der Waals surface area (Å²) in [6.45, 7) is 5.00. The molecule has 0 atom stereocenters. The standard InChI is InChI=1S/C22H26ClN3O5/c1-22(2,3)24-18(27)13-25(4)20(29)14-31-21(30)16-9-10-19(28)26(12-16)11-15-7-5-6-8-17(15)23/h5-10,12H,11,13-14H2,1-4H3,(H,24,27). The summed E-state index contributed by atoms with van der Waals surface area (Å²) in [5.74, 6) is -1.60. The Balaban J connectivity index is 1.98. The van der Waals surface area contributed by atoms with Crippen molar-refractivity contribution in [1.82, 2.24) is 14.8 Å². The van der Waals surface area contributed by atoms with Crippen molar-refractivity contribution in [3.63, 3.8) is 0 Å². The van der Waals surface area contributed by atoms with Crippen LogP contribution in [0.1, 0.15) is 36.7 Å². The fourth-order valence-corrected chi connectivity index (χ4v) is 2.86. The summed E-state index contributed by atoms with van der Waals surface area (Å²) < 4.78 is 6.39. The fourth-order valence-electron chi connectivity index (χ4n) is 2.67. The van der Waals surface area contributed by atoms with Crippen LogP contribution in [0.3, 0.4) is 0 Å². The maximum Gasteiger partial charge on any atom is 0.340 e. The van der Waals surface area contributed by atoms with Crippen molar-refractivity contribution < 1.29 is 19.1 Å². The normalized spacial score (nSPS) is 11.0. The molecule has 1 aromatic carbocycles. The lowest BCUT2D eigenvalue weighted by Crippen LogP contribution is -2.46. The highest BCUT2D eigenvalue weighted by molar-refractivity contribution is 6.31. The second kappa shape index (κ2) is 10.3. The third-order valence-electron chi connectivity index (χ3n) is 4.17. The van der Waals surface area contributed by atoms with Gasteiger partial charge in [0.15, 0.2) is 6.61 Å². The maximum absolute atomic E-state index is 12.4. The lowest BCUT2D eigenvalue weighted by atomic mass is 10.1. The molecule has 9 heteroatoms. The number of esters is 1. The minimum atomic E-state index is -0.756. The van der Waals surface area contributed by atoms with E-state index in [0.717, 1.165) is 5.56 Å². The molecule has 2 rings (SSSR count). The number of hydrogen-bond acceptors (Lipinski definition) is 5. The minimum absolute atomic E-state index is 0.118. The number of carbonyl (C=O) groups excluding carboxylic acids is 3. The molecule has 31 heavy (non-hydrogen) atoms. The molecule has 0 saturated heterocycles. The molecular formula is C22H26ClN3O5. The molecule has 1 heterocycles. The Hall–Kier alpha value is -3.13. The van der Waals surface area contributed by atoms with Crippen molar-refractivity contribution in [3.05, 3.63) is 69.1 Å². The van der Waals surface area contributed by atoms with E-state index in [1.165, 1.54) is 34.8 Å². The summed E-state index contributed by atoms with van der Waals surface area (Å²) >= 11 is 6.14. The number of ether oxygens (including phenoxy) is 1. The summed E-state index contributed by atoms with van der Waals surface area (Å²) in [4.78, 5) is 49.8. The number of nitrogens with one attached hydrogen (secondary N) is 1. The largest absolute Gasteiger partial charge is 0.452 e. The smallest absolute Gasteiger partial charge is 0.340 e. The number of halogens is 1. The summed E-state index contributed by atoms with van der Waals surface area (Å²) in [6, 6.07) is 9.66. The summed E-state index contributed by atoms with van der Waals surface area (Å²) in [6.07, 6.45) is 1.36. The number of pyridine rings is 1. The number of carbonyl (C=O) groups is 3. The molecule has 0 bridgehead atoms. The zero-order chi connectivity index (χ0) is 23.2. The number of benzene rings is 1. The van der Waals surface area contributed by atoms with Gasteiger partial charge in [-0.25, -0.2) is 4.79 Å². The topological polar surface area (TPSA) is 97.7 Å². The van der Waals surface area contributed by atoms with Gasteiger partial charge in [-0.15, -0.1) is 0 Å². The Morgan fingerprint density at radius 2 is 1.81 bits per heavy atom. The van der Waals surface area contributed by atoms with Crippen LogP contribution < -0.4 is 10.9 Å². The maximum atomic E-state index is 12.4. The van der Waals surface area contributed by atoms with Crippen LogP contribution in [0.4, 0.5) is 0 Å². The summed E-state index contributed by atoms with van der Waals surface area (Å²) in [5, 5.41) is 3.25. The molecule has 0 aliphatic rings. The number of nitrogens with zero attached hydrogens (tertiary/aromatic N) is 2. The first-order chi connectivity index (χ1) is 14.5. The molecule has 0 aliphatic carbocycles. The van der Waals surface area contributed by atoms with Gasteiger partial charge in [0.05, 0.1) is 18.7 Å². The van der Waals surface area contributed by atoms with E-state index in [1.807, 2.05) is 20.8 Å². The molecule has 0 fully saturated rings. The molecule has 0 spiro atoms. The Morgan fingerprint density at radius 3 is 2.45 bits per heavy atom. The summed E-state index contributed by atoms with van der Waals surface area (Å²) in [7, 11) is 1.45. The van der Waals surface area contributed by atoms with Crippen LogP contribution in [0.25, 0.3) is 0 Å². The molecule has 8 nitrogen and oxygen atoms in total. The minimum Gasteiger partial charge on any atom is -0.452 e. The quantitative estimate of drug-likeness (QED) is 0.655.